The largest absolute Gasteiger partial charge is 0.477 e. The predicted molar refractivity (Wildman–Crippen MR) is 97.2 cm³/mol. The maximum absolute atomic E-state index is 13.1. The lowest BCUT2D eigenvalue weighted by molar-refractivity contribution is -0.137. The summed E-state index contributed by atoms with van der Waals surface area (Å²) in [5.74, 6) is -0.572. The van der Waals surface area contributed by atoms with Gasteiger partial charge in [0.1, 0.15) is 5.75 Å². The molecule has 0 unspecified atom stereocenters. The van der Waals surface area contributed by atoms with Gasteiger partial charge in [0.25, 0.3) is 5.91 Å². The van der Waals surface area contributed by atoms with Gasteiger partial charge in [-0.3, -0.25) is 9.59 Å². The van der Waals surface area contributed by atoms with E-state index in [1.54, 1.807) is 29.2 Å². The number of nitrogens with one attached hydrogen (secondary N) is 2. The molecule has 1 aliphatic heterocycles. The van der Waals surface area contributed by atoms with E-state index in [1.807, 2.05) is 0 Å². The maximum atomic E-state index is 13.1. The summed E-state index contributed by atoms with van der Waals surface area (Å²) in [6.45, 7) is -0.148. The summed E-state index contributed by atoms with van der Waals surface area (Å²) in [6.07, 6.45) is -5.42. The van der Waals surface area contributed by atoms with Gasteiger partial charge in [-0.1, -0.05) is 24.3 Å². The number of ether oxygens (including phenoxy) is 1. The van der Waals surface area contributed by atoms with Gasteiger partial charge in [-0.15, -0.1) is 0 Å². The molecule has 2 aromatic rings. The number of carbonyl (C=O) groups excluding carboxylic acids is 2. The van der Waals surface area contributed by atoms with E-state index >= 15 is 0 Å². The predicted octanol–water partition coefficient (Wildman–Crippen LogP) is 2.66. The minimum absolute atomic E-state index is 0.0883. The van der Waals surface area contributed by atoms with Crippen molar-refractivity contribution in [3.8, 4) is 5.75 Å². The molecule has 0 saturated heterocycles. The van der Waals surface area contributed by atoms with Crippen LogP contribution >= 0.6 is 0 Å². The van der Waals surface area contributed by atoms with Crippen molar-refractivity contribution in [3.63, 3.8) is 0 Å². The molecule has 6 nitrogen and oxygen atoms in total. The zero-order chi connectivity index (χ0) is 20.3. The number of amides is 2. The zero-order valence-corrected chi connectivity index (χ0v) is 14.9. The number of rotatable bonds is 4. The summed E-state index contributed by atoms with van der Waals surface area (Å²) in [6, 6.07) is 11.6. The normalized spacial score (nSPS) is 16.0. The van der Waals surface area contributed by atoms with Gasteiger partial charge >= 0.3 is 6.18 Å². The molecule has 0 saturated carbocycles. The summed E-state index contributed by atoms with van der Waals surface area (Å²) in [7, 11) is 1.47. The molecule has 0 radical (unpaired) electrons. The zero-order valence-electron chi connectivity index (χ0n) is 14.9. The molecule has 148 valence electrons. The second-order valence-corrected chi connectivity index (χ2v) is 6.16. The molecule has 2 amide bonds. The molecule has 28 heavy (non-hydrogen) atoms. The van der Waals surface area contributed by atoms with Crippen molar-refractivity contribution < 1.29 is 27.5 Å². The first-order valence-corrected chi connectivity index (χ1v) is 8.48. The molecule has 1 atom stereocenters. The summed E-state index contributed by atoms with van der Waals surface area (Å²) >= 11 is 0. The van der Waals surface area contributed by atoms with Crippen molar-refractivity contribution >= 4 is 23.2 Å². The smallest absolute Gasteiger partial charge is 0.418 e. The van der Waals surface area contributed by atoms with E-state index in [-0.39, 0.29) is 24.7 Å². The lowest BCUT2D eigenvalue weighted by Crippen LogP contribution is -2.50. The summed E-state index contributed by atoms with van der Waals surface area (Å²) in [5, 5.41) is 4.80. The Kier molecular flexibility index (Phi) is 5.43. The van der Waals surface area contributed by atoms with Gasteiger partial charge in [0.15, 0.2) is 6.10 Å². The van der Waals surface area contributed by atoms with Crippen molar-refractivity contribution in [3.05, 3.63) is 54.1 Å². The van der Waals surface area contributed by atoms with Gasteiger partial charge in [0, 0.05) is 7.05 Å². The number of carbonyl (C=O) groups is 2. The lowest BCUT2D eigenvalue weighted by Gasteiger charge is -2.35. The van der Waals surface area contributed by atoms with E-state index in [0.717, 1.165) is 6.07 Å². The Bertz CT molecular complexity index is 886. The molecular weight excluding hydrogens is 375 g/mol. The van der Waals surface area contributed by atoms with Crippen LogP contribution < -0.4 is 20.3 Å². The minimum atomic E-state index is -4.58. The SMILES string of the molecule is CNC(=O)[C@@H]1CN(CC(=O)Nc2ccccc2C(F)(F)F)c2ccccc2O1. The first-order valence-electron chi connectivity index (χ1n) is 8.48. The van der Waals surface area contributed by atoms with Gasteiger partial charge in [0.05, 0.1) is 30.0 Å². The maximum Gasteiger partial charge on any atom is 0.418 e. The third kappa shape index (κ3) is 4.19. The number of hydrogen-bond acceptors (Lipinski definition) is 4. The Hall–Kier alpha value is -3.23. The Labute approximate surface area is 159 Å². The van der Waals surface area contributed by atoms with Crippen LogP contribution in [-0.2, 0) is 15.8 Å². The van der Waals surface area contributed by atoms with E-state index in [2.05, 4.69) is 10.6 Å². The van der Waals surface area contributed by atoms with Crippen molar-refractivity contribution in [1.29, 1.82) is 0 Å². The van der Waals surface area contributed by atoms with E-state index in [1.165, 1.54) is 25.2 Å². The Morgan fingerprint density at radius 3 is 2.54 bits per heavy atom. The van der Waals surface area contributed by atoms with Crippen molar-refractivity contribution in [1.82, 2.24) is 5.32 Å². The van der Waals surface area contributed by atoms with Crippen LogP contribution in [0.25, 0.3) is 0 Å². The highest BCUT2D eigenvalue weighted by Crippen LogP contribution is 2.35. The van der Waals surface area contributed by atoms with E-state index < -0.39 is 23.8 Å². The lowest BCUT2D eigenvalue weighted by atomic mass is 10.1. The first kappa shape index (κ1) is 19.5. The average Bonchev–Trinajstić information content (AvgIpc) is 2.66. The second-order valence-electron chi connectivity index (χ2n) is 6.16. The van der Waals surface area contributed by atoms with E-state index in [0.29, 0.717) is 11.4 Å². The van der Waals surface area contributed by atoms with Crippen LogP contribution in [0.15, 0.2) is 48.5 Å². The molecular formula is C19H18F3N3O3. The summed E-state index contributed by atoms with van der Waals surface area (Å²) in [5.41, 5.74) is -0.653. The Morgan fingerprint density at radius 2 is 1.82 bits per heavy atom. The molecule has 0 fully saturated rings. The van der Waals surface area contributed by atoms with Gasteiger partial charge < -0.3 is 20.3 Å². The first-order chi connectivity index (χ1) is 13.3. The van der Waals surface area contributed by atoms with Crippen LogP contribution in [0.4, 0.5) is 24.5 Å². The third-order valence-electron chi connectivity index (χ3n) is 4.24. The topological polar surface area (TPSA) is 70.7 Å². The molecule has 0 aliphatic carbocycles. The number of alkyl halides is 3. The standard InChI is InChI=1S/C19H18F3N3O3/c1-23-18(27)16-10-25(14-8-4-5-9-15(14)28-16)11-17(26)24-13-7-3-2-6-12(13)19(20,21)22/h2-9,16H,10-11H2,1H3,(H,23,27)(H,24,26)/t16-/m0/s1. The van der Waals surface area contributed by atoms with Crippen LogP contribution in [0.5, 0.6) is 5.75 Å². The highest BCUT2D eigenvalue weighted by molar-refractivity contribution is 5.95. The fraction of sp³-hybridized carbons (Fsp3) is 0.263. The number of nitrogens with zero attached hydrogens (tertiary/aromatic N) is 1. The van der Waals surface area contributed by atoms with E-state index in [4.69, 9.17) is 4.74 Å². The number of likely N-dealkylation sites (N-methyl/N-ethyl adjacent to an activating group) is 1. The number of benzene rings is 2. The molecule has 0 bridgehead atoms. The number of para-hydroxylation sites is 3. The minimum Gasteiger partial charge on any atom is -0.477 e. The average molecular weight is 393 g/mol. The summed E-state index contributed by atoms with van der Waals surface area (Å²) in [4.78, 5) is 26.0. The molecule has 3 rings (SSSR count). The van der Waals surface area contributed by atoms with E-state index in [9.17, 15) is 22.8 Å². The van der Waals surface area contributed by atoms with Crippen LogP contribution in [-0.4, -0.2) is 38.1 Å². The molecule has 2 aromatic carbocycles. The molecule has 1 heterocycles. The quantitative estimate of drug-likeness (QED) is 0.838. The fourth-order valence-electron chi connectivity index (χ4n) is 2.96. The van der Waals surface area contributed by atoms with Crippen molar-refractivity contribution in [2.75, 3.05) is 30.4 Å². The van der Waals surface area contributed by atoms with Crippen LogP contribution in [0.3, 0.4) is 0 Å². The van der Waals surface area contributed by atoms with Gasteiger partial charge in [-0.05, 0) is 24.3 Å². The Balaban J connectivity index is 1.79. The summed E-state index contributed by atoms with van der Waals surface area (Å²) < 4.78 is 45.0. The Morgan fingerprint density at radius 1 is 1.14 bits per heavy atom. The highest BCUT2D eigenvalue weighted by Gasteiger charge is 2.34. The number of halogens is 3. The third-order valence-corrected chi connectivity index (χ3v) is 4.24. The van der Waals surface area contributed by atoms with Gasteiger partial charge in [0.2, 0.25) is 5.91 Å². The number of anilines is 2. The molecule has 0 aromatic heterocycles. The van der Waals surface area contributed by atoms with Crippen LogP contribution in [0.2, 0.25) is 0 Å². The number of hydrogen-bond donors (Lipinski definition) is 2. The molecule has 1 aliphatic rings. The second kappa shape index (κ2) is 7.79. The number of fused-ring (bicyclic) bond motifs is 1. The van der Waals surface area contributed by atoms with Gasteiger partial charge in [-0.25, -0.2) is 0 Å². The van der Waals surface area contributed by atoms with Crippen molar-refractivity contribution in [2.24, 2.45) is 0 Å². The van der Waals surface area contributed by atoms with Crippen molar-refractivity contribution in [2.45, 2.75) is 12.3 Å². The molecule has 9 heteroatoms. The highest BCUT2D eigenvalue weighted by atomic mass is 19.4. The van der Waals surface area contributed by atoms with Gasteiger partial charge in [-0.2, -0.15) is 13.2 Å². The van der Waals surface area contributed by atoms with Crippen LogP contribution in [0.1, 0.15) is 5.56 Å². The van der Waals surface area contributed by atoms with Crippen LogP contribution in [0, 0.1) is 0 Å². The monoisotopic (exact) mass is 393 g/mol. The molecule has 0 spiro atoms. The molecule has 2 N–H and O–H groups in total. The fourth-order valence-corrected chi connectivity index (χ4v) is 2.96.